The predicted octanol–water partition coefficient (Wildman–Crippen LogP) is 3.89. The second-order valence-corrected chi connectivity index (χ2v) is 8.71. The van der Waals surface area contributed by atoms with E-state index in [9.17, 15) is 14.0 Å². The average Bonchev–Trinajstić information content (AvgIpc) is 2.84. The molecular weight excluding hydrogens is 433 g/mol. The Morgan fingerprint density at radius 3 is 2.65 bits per heavy atom. The minimum Gasteiger partial charge on any atom is -0.484 e. The van der Waals surface area contributed by atoms with Crippen molar-refractivity contribution in [2.45, 2.75) is 39.3 Å². The van der Waals surface area contributed by atoms with Gasteiger partial charge in [0.1, 0.15) is 17.7 Å². The lowest BCUT2D eigenvalue weighted by atomic mass is 10.0. The maximum Gasteiger partial charge on any atom is 0.251 e. The molecule has 0 radical (unpaired) electrons. The zero-order chi connectivity index (χ0) is 24.8. The highest BCUT2D eigenvalue weighted by molar-refractivity contribution is 5.95. The van der Waals surface area contributed by atoms with Gasteiger partial charge in [-0.15, -0.1) is 0 Å². The molecule has 0 saturated carbocycles. The summed E-state index contributed by atoms with van der Waals surface area (Å²) in [6.07, 6.45) is 1.61. The molecule has 0 bridgehead atoms. The summed E-state index contributed by atoms with van der Waals surface area (Å²) in [6.45, 7) is 11.8. The number of halogens is 1. The first-order valence-corrected chi connectivity index (χ1v) is 11.7. The standard InChI is InChI=1S/C27H34FN3O3/c1-6-20-14-22(10-11-23(20)27(33)29-5)34-25(21-9-8-18(3)24(28)15-21)17-30-12-13-31(19(4)16-30)26(32)7-2/h7-11,14-15,19,25H,2,6,12-13,16-17H2,1,3-5H3,(H,29,33)/t19-,25+/m1/s1. The Kier molecular flexibility index (Phi) is 8.45. The topological polar surface area (TPSA) is 61.9 Å². The summed E-state index contributed by atoms with van der Waals surface area (Å²) in [5, 5.41) is 2.67. The highest BCUT2D eigenvalue weighted by Crippen LogP contribution is 2.28. The zero-order valence-electron chi connectivity index (χ0n) is 20.4. The van der Waals surface area contributed by atoms with E-state index in [4.69, 9.17) is 4.74 Å². The highest BCUT2D eigenvalue weighted by Gasteiger charge is 2.29. The lowest BCUT2D eigenvalue weighted by Gasteiger charge is -2.40. The molecule has 34 heavy (non-hydrogen) atoms. The van der Waals surface area contributed by atoms with E-state index in [0.29, 0.717) is 49.5 Å². The van der Waals surface area contributed by atoms with E-state index in [1.54, 1.807) is 32.2 Å². The minimum atomic E-state index is -0.417. The summed E-state index contributed by atoms with van der Waals surface area (Å²) < 4.78 is 20.8. The Balaban J connectivity index is 1.85. The molecule has 2 atom stereocenters. The quantitative estimate of drug-likeness (QED) is 0.599. The number of nitrogens with one attached hydrogen (secondary N) is 1. The molecule has 0 unspecified atom stereocenters. The van der Waals surface area contributed by atoms with Gasteiger partial charge in [0.05, 0.1) is 0 Å². The van der Waals surface area contributed by atoms with Gasteiger partial charge in [0.15, 0.2) is 0 Å². The van der Waals surface area contributed by atoms with Crippen molar-refractivity contribution in [2.75, 3.05) is 33.2 Å². The lowest BCUT2D eigenvalue weighted by Crippen LogP contribution is -2.54. The third kappa shape index (κ3) is 5.83. The molecule has 0 aliphatic carbocycles. The predicted molar refractivity (Wildman–Crippen MR) is 132 cm³/mol. The number of ether oxygens (including phenoxy) is 1. The third-order valence-corrected chi connectivity index (χ3v) is 6.37. The van der Waals surface area contributed by atoms with Crippen molar-refractivity contribution in [3.8, 4) is 5.75 Å². The first-order chi connectivity index (χ1) is 16.3. The van der Waals surface area contributed by atoms with E-state index in [1.807, 2.05) is 30.9 Å². The van der Waals surface area contributed by atoms with Gasteiger partial charge in [0, 0.05) is 44.8 Å². The first kappa shape index (κ1) is 25.4. The number of carbonyl (C=O) groups excluding carboxylic acids is 2. The molecule has 2 aromatic rings. The van der Waals surface area contributed by atoms with E-state index in [-0.39, 0.29) is 23.7 Å². The molecule has 1 heterocycles. The van der Waals surface area contributed by atoms with Crippen LogP contribution in [0.4, 0.5) is 4.39 Å². The molecule has 2 amide bonds. The summed E-state index contributed by atoms with van der Waals surface area (Å²) in [4.78, 5) is 28.3. The zero-order valence-corrected chi connectivity index (χ0v) is 20.4. The number of carbonyl (C=O) groups is 2. The van der Waals surface area contributed by atoms with Gasteiger partial charge in [0.2, 0.25) is 5.91 Å². The van der Waals surface area contributed by atoms with Gasteiger partial charge in [-0.1, -0.05) is 25.6 Å². The number of amides is 2. The molecule has 1 saturated heterocycles. The smallest absolute Gasteiger partial charge is 0.251 e. The Morgan fingerprint density at radius 1 is 1.26 bits per heavy atom. The number of nitrogens with zero attached hydrogens (tertiary/aromatic N) is 2. The number of piperazine rings is 1. The van der Waals surface area contributed by atoms with Crippen LogP contribution < -0.4 is 10.1 Å². The van der Waals surface area contributed by atoms with Gasteiger partial charge in [-0.05, 0) is 67.3 Å². The largest absolute Gasteiger partial charge is 0.484 e. The van der Waals surface area contributed by atoms with E-state index >= 15 is 0 Å². The van der Waals surface area contributed by atoms with Crippen molar-refractivity contribution in [2.24, 2.45) is 0 Å². The molecular formula is C27H34FN3O3. The van der Waals surface area contributed by atoms with Crippen LogP contribution in [-0.2, 0) is 11.2 Å². The number of hydrogen-bond acceptors (Lipinski definition) is 4. The molecule has 182 valence electrons. The Morgan fingerprint density at radius 2 is 2.03 bits per heavy atom. The molecule has 7 heteroatoms. The first-order valence-electron chi connectivity index (χ1n) is 11.7. The van der Waals surface area contributed by atoms with Crippen LogP contribution in [0, 0.1) is 12.7 Å². The van der Waals surface area contributed by atoms with Gasteiger partial charge in [0.25, 0.3) is 5.91 Å². The van der Waals surface area contributed by atoms with Crippen LogP contribution in [0.2, 0.25) is 0 Å². The van der Waals surface area contributed by atoms with E-state index in [2.05, 4.69) is 16.8 Å². The fourth-order valence-corrected chi connectivity index (χ4v) is 4.35. The molecule has 1 aliphatic heterocycles. The van der Waals surface area contributed by atoms with Crippen molar-refractivity contribution >= 4 is 11.8 Å². The number of hydrogen-bond donors (Lipinski definition) is 1. The van der Waals surface area contributed by atoms with Gasteiger partial charge in [-0.3, -0.25) is 14.5 Å². The van der Waals surface area contributed by atoms with E-state index in [1.165, 1.54) is 12.1 Å². The summed E-state index contributed by atoms with van der Waals surface area (Å²) in [7, 11) is 1.61. The second-order valence-electron chi connectivity index (χ2n) is 8.71. The number of rotatable bonds is 8. The van der Waals surface area contributed by atoms with Crippen molar-refractivity contribution in [1.82, 2.24) is 15.1 Å². The Hall–Kier alpha value is -3.19. The summed E-state index contributed by atoms with van der Waals surface area (Å²) in [5.41, 5.74) is 2.83. The molecule has 1 N–H and O–H groups in total. The van der Waals surface area contributed by atoms with Crippen LogP contribution in [0.15, 0.2) is 49.1 Å². The number of aryl methyl sites for hydroxylation is 2. The van der Waals surface area contributed by atoms with Gasteiger partial charge in [-0.2, -0.15) is 0 Å². The Labute approximate surface area is 201 Å². The van der Waals surface area contributed by atoms with Crippen LogP contribution in [-0.4, -0.2) is 60.9 Å². The van der Waals surface area contributed by atoms with Crippen LogP contribution >= 0.6 is 0 Å². The monoisotopic (exact) mass is 467 g/mol. The fourth-order valence-electron chi connectivity index (χ4n) is 4.35. The number of benzene rings is 2. The van der Waals surface area contributed by atoms with Crippen LogP contribution in [0.1, 0.15) is 47.0 Å². The van der Waals surface area contributed by atoms with E-state index < -0.39 is 6.10 Å². The van der Waals surface area contributed by atoms with Gasteiger partial charge in [-0.25, -0.2) is 4.39 Å². The van der Waals surface area contributed by atoms with Crippen LogP contribution in [0.3, 0.4) is 0 Å². The molecule has 2 aromatic carbocycles. The normalized spacial score (nSPS) is 17.2. The molecule has 3 rings (SSSR count). The van der Waals surface area contributed by atoms with E-state index in [0.717, 1.165) is 11.1 Å². The molecule has 1 aliphatic rings. The molecule has 6 nitrogen and oxygen atoms in total. The minimum absolute atomic E-state index is 0.0354. The summed E-state index contributed by atoms with van der Waals surface area (Å²) in [5.74, 6) is 0.152. The summed E-state index contributed by atoms with van der Waals surface area (Å²) in [6, 6.07) is 10.6. The highest BCUT2D eigenvalue weighted by atomic mass is 19.1. The van der Waals surface area contributed by atoms with Crippen molar-refractivity contribution in [3.63, 3.8) is 0 Å². The third-order valence-electron chi connectivity index (χ3n) is 6.37. The molecule has 1 fully saturated rings. The Bertz CT molecular complexity index is 1060. The van der Waals surface area contributed by atoms with Gasteiger partial charge < -0.3 is 15.0 Å². The average molecular weight is 468 g/mol. The lowest BCUT2D eigenvalue weighted by molar-refractivity contribution is -0.130. The van der Waals surface area contributed by atoms with Gasteiger partial charge >= 0.3 is 0 Å². The van der Waals surface area contributed by atoms with Crippen LogP contribution in [0.5, 0.6) is 5.75 Å². The van der Waals surface area contributed by atoms with Crippen molar-refractivity contribution in [1.29, 1.82) is 0 Å². The SMILES string of the molecule is C=CC(=O)N1CCN(C[C@H](Oc2ccc(C(=O)NC)c(CC)c2)c2ccc(C)c(F)c2)C[C@H]1C. The fraction of sp³-hybridized carbons (Fsp3) is 0.407. The van der Waals surface area contributed by atoms with Crippen molar-refractivity contribution in [3.05, 3.63) is 77.1 Å². The molecule has 0 aromatic heterocycles. The second kappa shape index (κ2) is 11.3. The summed E-state index contributed by atoms with van der Waals surface area (Å²) >= 11 is 0. The van der Waals surface area contributed by atoms with Crippen LogP contribution in [0.25, 0.3) is 0 Å². The maximum absolute atomic E-state index is 14.4. The maximum atomic E-state index is 14.4. The van der Waals surface area contributed by atoms with Crippen molar-refractivity contribution < 1.29 is 18.7 Å². The molecule has 0 spiro atoms.